The quantitative estimate of drug-likeness (QED) is 0.903. The van der Waals surface area contributed by atoms with Crippen LogP contribution in [-0.4, -0.2) is 43.0 Å². The molecule has 6 nitrogen and oxygen atoms in total. The van der Waals surface area contributed by atoms with Crippen LogP contribution in [0.3, 0.4) is 0 Å². The maximum atomic E-state index is 13.1. The Morgan fingerprint density at radius 2 is 2.00 bits per heavy atom. The Morgan fingerprint density at radius 3 is 2.88 bits per heavy atom. The molecule has 0 saturated carbocycles. The van der Waals surface area contributed by atoms with Gasteiger partial charge in [0.25, 0.3) is 5.91 Å². The molecule has 2 aromatic rings. The molecule has 2 aliphatic heterocycles. The summed E-state index contributed by atoms with van der Waals surface area (Å²) in [5.41, 5.74) is 2.70. The van der Waals surface area contributed by atoms with Crippen molar-refractivity contribution >= 4 is 23.3 Å². The number of hydrogen-bond donors (Lipinski definition) is 1. The highest BCUT2D eigenvalue weighted by atomic mass is 16.2. The third-order valence-electron chi connectivity index (χ3n) is 4.49. The Bertz CT molecular complexity index is 805. The smallest absolute Gasteiger partial charge is 0.262 e. The zero-order chi connectivity index (χ0) is 16.5. The van der Waals surface area contributed by atoms with Crippen molar-refractivity contribution in [2.45, 2.75) is 6.42 Å². The van der Waals surface area contributed by atoms with Crippen LogP contribution in [0.15, 0.2) is 42.6 Å². The number of rotatable bonds is 2. The maximum absolute atomic E-state index is 13.1. The first-order valence-electron chi connectivity index (χ1n) is 8.10. The number of aromatic nitrogens is 1. The van der Waals surface area contributed by atoms with Crippen LogP contribution in [0.2, 0.25) is 0 Å². The average Bonchev–Trinajstić information content (AvgIpc) is 3.05. The van der Waals surface area contributed by atoms with Crippen LogP contribution in [0.1, 0.15) is 15.9 Å². The molecule has 1 aromatic carbocycles. The number of nitrogens with zero attached hydrogens (tertiary/aromatic N) is 3. The van der Waals surface area contributed by atoms with E-state index < -0.39 is 0 Å². The summed E-state index contributed by atoms with van der Waals surface area (Å²) in [4.78, 5) is 32.8. The Kier molecular flexibility index (Phi) is 3.65. The van der Waals surface area contributed by atoms with Crippen molar-refractivity contribution in [3.05, 3.63) is 53.7 Å². The molecule has 3 heterocycles. The number of fused-ring (bicyclic) bond motifs is 1. The molecule has 6 heteroatoms. The molecule has 1 N–H and O–H groups in total. The van der Waals surface area contributed by atoms with Crippen molar-refractivity contribution < 1.29 is 9.59 Å². The molecule has 1 aromatic heterocycles. The van der Waals surface area contributed by atoms with Gasteiger partial charge in [0.1, 0.15) is 5.82 Å². The fourth-order valence-corrected chi connectivity index (χ4v) is 3.33. The molecule has 0 spiro atoms. The number of piperazine rings is 1. The molecule has 2 amide bonds. The summed E-state index contributed by atoms with van der Waals surface area (Å²) in [7, 11) is 0. The third kappa shape index (κ3) is 2.50. The molecule has 0 unspecified atom stereocenters. The van der Waals surface area contributed by atoms with Crippen LogP contribution in [-0.2, 0) is 11.2 Å². The molecule has 24 heavy (non-hydrogen) atoms. The first-order chi connectivity index (χ1) is 11.7. The summed E-state index contributed by atoms with van der Waals surface area (Å²) in [6.45, 7) is 2.12. The van der Waals surface area contributed by atoms with E-state index in [0.29, 0.717) is 31.0 Å². The van der Waals surface area contributed by atoms with Crippen molar-refractivity contribution in [1.82, 2.24) is 10.3 Å². The molecule has 122 valence electrons. The van der Waals surface area contributed by atoms with Gasteiger partial charge in [-0.15, -0.1) is 0 Å². The molecular formula is C18H18N4O2. The summed E-state index contributed by atoms with van der Waals surface area (Å²) in [6.07, 6.45) is 2.53. The van der Waals surface area contributed by atoms with Crippen LogP contribution in [0.5, 0.6) is 0 Å². The number of amides is 2. The number of benzene rings is 1. The van der Waals surface area contributed by atoms with Gasteiger partial charge in [-0.05, 0) is 30.2 Å². The second-order valence-corrected chi connectivity index (χ2v) is 5.98. The van der Waals surface area contributed by atoms with Gasteiger partial charge in [0.05, 0.1) is 12.1 Å². The lowest BCUT2D eigenvalue weighted by Gasteiger charge is -2.29. The van der Waals surface area contributed by atoms with Gasteiger partial charge in [-0.2, -0.15) is 0 Å². The van der Waals surface area contributed by atoms with Gasteiger partial charge in [-0.25, -0.2) is 4.98 Å². The Morgan fingerprint density at radius 1 is 1.12 bits per heavy atom. The van der Waals surface area contributed by atoms with Crippen LogP contribution in [0.25, 0.3) is 0 Å². The zero-order valence-electron chi connectivity index (χ0n) is 13.2. The summed E-state index contributed by atoms with van der Waals surface area (Å²) in [5, 5.41) is 2.79. The predicted octanol–water partition coefficient (Wildman–Crippen LogP) is 1.22. The van der Waals surface area contributed by atoms with Crippen LogP contribution in [0, 0.1) is 0 Å². The molecular weight excluding hydrogens is 304 g/mol. The normalized spacial score (nSPS) is 16.8. The molecule has 0 bridgehead atoms. The van der Waals surface area contributed by atoms with Crippen molar-refractivity contribution in [2.24, 2.45) is 0 Å². The minimum atomic E-state index is -0.0611. The molecule has 2 aliphatic rings. The molecule has 0 atom stereocenters. The number of anilines is 2. The van der Waals surface area contributed by atoms with Crippen molar-refractivity contribution in [3.8, 4) is 0 Å². The second-order valence-electron chi connectivity index (χ2n) is 5.98. The highest BCUT2D eigenvalue weighted by Gasteiger charge is 2.29. The highest BCUT2D eigenvalue weighted by Crippen LogP contribution is 2.30. The van der Waals surface area contributed by atoms with Gasteiger partial charge < -0.3 is 15.1 Å². The standard InChI is InChI=1S/C18H18N4O2/c23-16-12-21(11-9-19-16)17-14(5-3-8-20-17)18(24)22-10-7-13-4-1-2-6-15(13)22/h1-6,8H,7,9-12H2,(H,19,23). The van der Waals surface area contributed by atoms with E-state index in [1.54, 1.807) is 23.2 Å². The van der Waals surface area contributed by atoms with E-state index >= 15 is 0 Å². The number of carbonyl (C=O) groups is 2. The van der Waals surface area contributed by atoms with Crippen LogP contribution < -0.4 is 15.1 Å². The lowest BCUT2D eigenvalue weighted by molar-refractivity contribution is -0.120. The Hall–Kier alpha value is -2.89. The largest absolute Gasteiger partial charge is 0.353 e. The fraction of sp³-hybridized carbons (Fsp3) is 0.278. The molecule has 4 rings (SSSR count). The predicted molar refractivity (Wildman–Crippen MR) is 91.3 cm³/mol. The summed E-state index contributed by atoms with van der Waals surface area (Å²) in [6, 6.07) is 11.5. The number of nitrogens with one attached hydrogen (secondary N) is 1. The monoisotopic (exact) mass is 322 g/mol. The highest BCUT2D eigenvalue weighted by molar-refractivity contribution is 6.10. The molecule has 1 fully saturated rings. The average molecular weight is 322 g/mol. The van der Waals surface area contributed by atoms with E-state index in [9.17, 15) is 9.59 Å². The molecule has 0 radical (unpaired) electrons. The van der Waals surface area contributed by atoms with Gasteiger partial charge in [-0.3, -0.25) is 9.59 Å². The lowest BCUT2D eigenvalue weighted by atomic mass is 10.1. The summed E-state index contributed by atoms with van der Waals surface area (Å²) >= 11 is 0. The van der Waals surface area contributed by atoms with E-state index in [0.717, 1.165) is 12.1 Å². The number of pyridine rings is 1. The van der Waals surface area contributed by atoms with Crippen molar-refractivity contribution in [3.63, 3.8) is 0 Å². The number of carbonyl (C=O) groups excluding carboxylic acids is 2. The second kappa shape index (κ2) is 5.96. The SMILES string of the molecule is O=C1CN(c2ncccc2C(=O)N2CCc3ccccc32)CCN1. The summed E-state index contributed by atoms with van der Waals surface area (Å²) in [5.74, 6) is 0.479. The van der Waals surface area contributed by atoms with E-state index in [2.05, 4.69) is 16.4 Å². The van der Waals surface area contributed by atoms with Gasteiger partial charge in [0, 0.05) is 31.5 Å². The van der Waals surface area contributed by atoms with Crippen LogP contribution >= 0.6 is 0 Å². The van der Waals surface area contributed by atoms with E-state index in [4.69, 9.17) is 0 Å². The van der Waals surface area contributed by atoms with Crippen LogP contribution in [0.4, 0.5) is 11.5 Å². The minimum Gasteiger partial charge on any atom is -0.353 e. The van der Waals surface area contributed by atoms with Gasteiger partial charge in [0.15, 0.2) is 0 Å². The Balaban J connectivity index is 1.67. The molecule has 0 aliphatic carbocycles. The van der Waals surface area contributed by atoms with E-state index in [-0.39, 0.29) is 18.4 Å². The van der Waals surface area contributed by atoms with Gasteiger partial charge in [-0.1, -0.05) is 18.2 Å². The lowest BCUT2D eigenvalue weighted by Crippen LogP contribution is -2.48. The third-order valence-corrected chi connectivity index (χ3v) is 4.49. The fourth-order valence-electron chi connectivity index (χ4n) is 3.33. The molecule has 1 saturated heterocycles. The van der Waals surface area contributed by atoms with Crippen molar-refractivity contribution in [1.29, 1.82) is 0 Å². The van der Waals surface area contributed by atoms with Gasteiger partial charge >= 0.3 is 0 Å². The van der Waals surface area contributed by atoms with E-state index in [1.807, 2.05) is 23.1 Å². The Labute approximate surface area is 140 Å². The first-order valence-corrected chi connectivity index (χ1v) is 8.10. The topological polar surface area (TPSA) is 65.5 Å². The van der Waals surface area contributed by atoms with Gasteiger partial charge in [0.2, 0.25) is 5.91 Å². The number of hydrogen-bond acceptors (Lipinski definition) is 4. The van der Waals surface area contributed by atoms with Crippen molar-refractivity contribution in [2.75, 3.05) is 36.0 Å². The minimum absolute atomic E-state index is 0.0446. The first kappa shape index (κ1) is 14.7. The van der Waals surface area contributed by atoms with E-state index in [1.165, 1.54) is 5.56 Å². The number of para-hydroxylation sites is 1. The zero-order valence-corrected chi connectivity index (χ0v) is 13.2. The summed E-state index contributed by atoms with van der Waals surface area (Å²) < 4.78 is 0. The maximum Gasteiger partial charge on any atom is 0.262 e.